The third-order valence-electron chi connectivity index (χ3n) is 2.78. The Morgan fingerprint density at radius 1 is 1.35 bits per heavy atom. The van der Waals surface area contributed by atoms with Gasteiger partial charge >= 0.3 is 0 Å². The van der Waals surface area contributed by atoms with Crippen LogP contribution in [0.2, 0.25) is 5.02 Å². The van der Waals surface area contributed by atoms with Crippen molar-refractivity contribution < 1.29 is 14.3 Å². The molecule has 104 valence electrons. The summed E-state index contributed by atoms with van der Waals surface area (Å²) < 4.78 is 13.4. The average molecular weight is 295 g/mol. The monoisotopic (exact) mass is 294 g/mol. The zero-order valence-corrected chi connectivity index (χ0v) is 11.1. The van der Waals surface area contributed by atoms with Crippen LogP contribution in [0.1, 0.15) is 22.0 Å². The third kappa shape index (κ3) is 3.31. The fourth-order valence-corrected chi connectivity index (χ4v) is 1.83. The predicted molar refractivity (Wildman–Crippen MR) is 72.9 cm³/mol. The maximum absolute atomic E-state index is 13.4. The number of hydrogen-bond donors (Lipinski definition) is 2. The van der Waals surface area contributed by atoms with E-state index in [9.17, 15) is 14.3 Å². The van der Waals surface area contributed by atoms with Crippen molar-refractivity contribution in [2.24, 2.45) is 0 Å². The van der Waals surface area contributed by atoms with E-state index in [0.29, 0.717) is 11.1 Å². The molecule has 0 radical (unpaired) electrons. The van der Waals surface area contributed by atoms with Gasteiger partial charge < -0.3 is 10.4 Å². The molecule has 1 aromatic carbocycles. The number of aliphatic hydroxyl groups excluding tert-OH is 1. The highest BCUT2D eigenvalue weighted by molar-refractivity contribution is 6.30. The van der Waals surface area contributed by atoms with Crippen molar-refractivity contribution in [3.05, 3.63) is 64.7 Å². The number of amides is 1. The minimum Gasteiger partial charge on any atom is -0.394 e. The van der Waals surface area contributed by atoms with Gasteiger partial charge in [-0.25, -0.2) is 4.39 Å². The molecule has 20 heavy (non-hydrogen) atoms. The Kier molecular flexibility index (Phi) is 4.65. The van der Waals surface area contributed by atoms with E-state index in [1.807, 2.05) is 0 Å². The summed E-state index contributed by atoms with van der Waals surface area (Å²) in [4.78, 5) is 15.8. The van der Waals surface area contributed by atoms with E-state index in [2.05, 4.69) is 10.3 Å². The van der Waals surface area contributed by atoms with Gasteiger partial charge in [0.15, 0.2) is 0 Å². The standard InChI is InChI=1S/C14H12ClFN2O2/c15-11-2-1-10(7-12(11)16)13(8-19)18-14(20)9-3-5-17-6-4-9/h1-7,13,19H,8H2,(H,18,20). The molecule has 6 heteroatoms. The molecular formula is C14H12ClFN2O2. The van der Waals surface area contributed by atoms with Gasteiger partial charge in [-0.15, -0.1) is 0 Å². The average Bonchev–Trinajstić information content (AvgIpc) is 2.48. The van der Waals surface area contributed by atoms with Crippen LogP contribution in [0.15, 0.2) is 42.7 Å². The number of aliphatic hydroxyl groups is 1. The molecule has 1 aromatic heterocycles. The van der Waals surface area contributed by atoms with E-state index in [-0.39, 0.29) is 17.5 Å². The number of hydrogen-bond acceptors (Lipinski definition) is 3. The third-order valence-corrected chi connectivity index (χ3v) is 3.08. The van der Waals surface area contributed by atoms with Crippen molar-refractivity contribution in [2.75, 3.05) is 6.61 Å². The molecule has 0 aliphatic heterocycles. The second kappa shape index (κ2) is 6.45. The van der Waals surface area contributed by atoms with Gasteiger partial charge in [0.2, 0.25) is 0 Å². The summed E-state index contributed by atoms with van der Waals surface area (Å²) in [6.45, 7) is -0.349. The van der Waals surface area contributed by atoms with Crippen LogP contribution in [-0.4, -0.2) is 22.6 Å². The van der Waals surface area contributed by atoms with E-state index in [1.165, 1.54) is 24.5 Å². The van der Waals surface area contributed by atoms with Gasteiger partial charge in [0.05, 0.1) is 17.7 Å². The highest BCUT2D eigenvalue weighted by Crippen LogP contribution is 2.20. The maximum atomic E-state index is 13.4. The summed E-state index contributed by atoms with van der Waals surface area (Å²) in [6, 6.07) is 6.52. The smallest absolute Gasteiger partial charge is 0.251 e. The second-order valence-corrected chi connectivity index (χ2v) is 4.53. The normalized spacial score (nSPS) is 11.9. The summed E-state index contributed by atoms with van der Waals surface area (Å²) >= 11 is 5.60. The van der Waals surface area contributed by atoms with Gasteiger partial charge in [0.1, 0.15) is 5.82 Å². The minimum atomic E-state index is -0.706. The molecule has 1 heterocycles. The first-order chi connectivity index (χ1) is 9.61. The molecule has 0 bridgehead atoms. The van der Waals surface area contributed by atoms with E-state index in [4.69, 9.17) is 11.6 Å². The summed E-state index contributed by atoms with van der Waals surface area (Å²) in [5.41, 5.74) is 0.852. The molecule has 2 rings (SSSR count). The molecular weight excluding hydrogens is 283 g/mol. The van der Waals surface area contributed by atoms with E-state index < -0.39 is 11.9 Å². The Labute approximate surface area is 120 Å². The molecule has 1 unspecified atom stereocenters. The largest absolute Gasteiger partial charge is 0.394 e. The van der Waals surface area contributed by atoms with Crippen LogP contribution >= 0.6 is 11.6 Å². The number of benzene rings is 1. The molecule has 2 aromatic rings. The van der Waals surface area contributed by atoms with Crippen LogP contribution in [0, 0.1) is 5.82 Å². The number of aromatic nitrogens is 1. The van der Waals surface area contributed by atoms with E-state index >= 15 is 0 Å². The fraction of sp³-hybridized carbons (Fsp3) is 0.143. The van der Waals surface area contributed by atoms with Gasteiger partial charge in [0, 0.05) is 18.0 Å². The van der Waals surface area contributed by atoms with Crippen LogP contribution < -0.4 is 5.32 Å². The molecule has 0 aliphatic rings. The molecule has 0 saturated heterocycles. The minimum absolute atomic E-state index is 0.00843. The highest BCUT2D eigenvalue weighted by atomic mass is 35.5. The Bertz CT molecular complexity index is 607. The second-order valence-electron chi connectivity index (χ2n) is 4.12. The number of rotatable bonds is 4. The number of nitrogens with zero attached hydrogens (tertiary/aromatic N) is 1. The zero-order chi connectivity index (χ0) is 14.5. The summed E-state index contributed by atoms with van der Waals surface area (Å²) in [7, 11) is 0. The Morgan fingerprint density at radius 2 is 2.05 bits per heavy atom. The van der Waals surface area contributed by atoms with Crippen molar-refractivity contribution in [1.82, 2.24) is 10.3 Å². The van der Waals surface area contributed by atoms with Gasteiger partial charge in [-0.3, -0.25) is 9.78 Å². The van der Waals surface area contributed by atoms with Gasteiger partial charge in [-0.05, 0) is 29.8 Å². The first-order valence-corrected chi connectivity index (χ1v) is 6.26. The summed E-state index contributed by atoms with van der Waals surface area (Å²) in [5.74, 6) is -0.970. The number of carbonyl (C=O) groups excluding carboxylic acids is 1. The van der Waals surface area contributed by atoms with Crippen molar-refractivity contribution in [1.29, 1.82) is 0 Å². The molecule has 2 N–H and O–H groups in total. The Morgan fingerprint density at radius 3 is 2.65 bits per heavy atom. The molecule has 0 fully saturated rings. The highest BCUT2D eigenvalue weighted by Gasteiger charge is 2.16. The SMILES string of the molecule is O=C(NC(CO)c1ccc(Cl)c(F)c1)c1ccncc1. The zero-order valence-electron chi connectivity index (χ0n) is 10.4. The number of nitrogens with one attached hydrogen (secondary N) is 1. The maximum Gasteiger partial charge on any atom is 0.251 e. The van der Waals surface area contributed by atoms with Gasteiger partial charge in [-0.2, -0.15) is 0 Å². The molecule has 1 atom stereocenters. The van der Waals surface area contributed by atoms with Crippen LogP contribution in [0.25, 0.3) is 0 Å². The van der Waals surface area contributed by atoms with Crippen LogP contribution in [0.4, 0.5) is 4.39 Å². The Hall–Kier alpha value is -1.98. The predicted octanol–water partition coefficient (Wildman–Crippen LogP) is 2.34. The summed E-state index contributed by atoms with van der Waals surface area (Å²) in [5, 5.41) is 12.0. The molecule has 0 aliphatic carbocycles. The van der Waals surface area contributed by atoms with E-state index in [0.717, 1.165) is 0 Å². The lowest BCUT2D eigenvalue weighted by Crippen LogP contribution is -2.30. The van der Waals surface area contributed by atoms with Crippen LogP contribution in [-0.2, 0) is 0 Å². The van der Waals surface area contributed by atoms with Gasteiger partial charge in [0.25, 0.3) is 5.91 Å². The van der Waals surface area contributed by atoms with E-state index in [1.54, 1.807) is 18.2 Å². The lowest BCUT2D eigenvalue weighted by molar-refractivity contribution is 0.0916. The fourth-order valence-electron chi connectivity index (χ4n) is 1.71. The molecule has 0 spiro atoms. The van der Waals surface area contributed by atoms with Crippen molar-refractivity contribution in [3.8, 4) is 0 Å². The summed E-state index contributed by atoms with van der Waals surface area (Å²) in [6.07, 6.45) is 2.98. The molecule has 1 amide bonds. The lowest BCUT2D eigenvalue weighted by Gasteiger charge is -2.17. The number of carbonyl (C=O) groups is 1. The number of halogens is 2. The number of pyridine rings is 1. The first kappa shape index (κ1) is 14.4. The molecule has 4 nitrogen and oxygen atoms in total. The molecule has 0 saturated carbocycles. The van der Waals surface area contributed by atoms with Crippen molar-refractivity contribution in [3.63, 3.8) is 0 Å². The topological polar surface area (TPSA) is 62.2 Å². The van der Waals surface area contributed by atoms with Gasteiger partial charge in [-0.1, -0.05) is 17.7 Å². The van der Waals surface area contributed by atoms with Crippen LogP contribution in [0.5, 0.6) is 0 Å². The van der Waals surface area contributed by atoms with Crippen molar-refractivity contribution >= 4 is 17.5 Å². The first-order valence-electron chi connectivity index (χ1n) is 5.88. The Balaban J connectivity index is 2.16. The van der Waals surface area contributed by atoms with Crippen molar-refractivity contribution in [2.45, 2.75) is 6.04 Å². The quantitative estimate of drug-likeness (QED) is 0.910. The van der Waals surface area contributed by atoms with Crippen LogP contribution in [0.3, 0.4) is 0 Å². The lowest BCUT2D eigenvalue weighted by atomic mass is 10.1.